The standard InChI is InChI=1S/C10H19NO/c1-10(2,3)11-8-4-5-9(11)7-12-6-8/h8-9H,4-7H2,1-3H3/t8-,9?/m0/s1. The summed E-state index contributed by atoms with van der Waals surface area (Å²) in [5.41, 5.74) is 0.329. The number of rotatable bonds is 0. The van der Waals surface area contributed by atoms with Crippen molar-refractivity contribution in [1.82, 2.24) is 4.90 Å². The molecule has 2 fully saturated rings. The largest absolute Gasteiger partial charge is 0.378 e. The zero-order valence-electron chi connectivity index (χ0n) is 8.34. The van der Waals surface area contributed by atoms with Crippen molar-refractivity contribution in [2.24, 2.45) is 0 Å². The van der Waals surface area contributed by atoms with Gasteiger partial charge in [-0.05, 0) is 33.6 Å². The van der Waals surface area contributed by atoms with Crippen LogP contribution in [0.25, 0.3) is 0 Å². The Labute approximate surface area is 74.9 Å². The summed E-state index contributed by atoms with van der Waals surface area (Å²) in [6, 6.07) is 1.40. The highest BCUT2D eigenvalue weighted by Gasteiger charge is 2.42. The van der Waals surface area contributed by atoms with Crippen LogP contribution >= 0.6 is 0 Å². The van der Waals surface area contributed by atoms with Crippen LogP contribution in [0.15, 0.2) is 0 Å². The zero-order chi connectivity index (χ0) is 8.77. The van der Waals surface area contributed by atoms with Gasteiger partial charge in [0.15, 0.2) is 0 Å². The number of nitrogens with zero attached hydrogens (tertiary/aromatic N) is 1. The molecule has 2 saturated heterocycles. The summed E-state index contributed by atoms with van der Waals surface area (Å²) in [5, 5.41) is 0. The Balaban J connectivity index is 2.15. The molecular formula is C10H19NO. The van der Waals surface area contributed by atoms with Gasteiger partial charge >= 0.3 is 0 Å². The fourth-order valence-electron chi connectivity index (χ4n) is 2.72. The molecule has 12 heavy (non-hydrogen) atoms. The average Bonchev–Trinajstić information content (AvgIpc) is 2.23. The Hall–Kier alpha value is -0.0800. The Bertz CT molecular complexity index is 157. The van der Waals surface area contributed by atoms with Crippen LogP contribution in [0, 0.1) is 0 Å². The molecule has 0 aromatic rings. The molecule has 2 heterocycles. The van der Waals surface area contributed by atoms with Gasteiger partial charge in [-0.2, -0.15) is 0 Å². The minimum Gasteiger partial charge on any atom is -0.378 e. The van der Waals surface area contributed by atoms with Gasteiger partial charge in [-0.15, -0.1) is 0 Å². The Morgan fingerprint density at radius 2 is 1.58 bits per heavy atom. The van der Waals surface area contributed by atoms with Crippen molar-refractivity contribution in [3.05, 3.63) is 0 Å². The van der Waals surface area contributed by atoms with Crippen LogP contribution in [0.3, 0.4) is 0 Å². The van der Waals surface area contributed by atoms with Gasteiger partial charge in [0, 0.05) is 17.6 Å². The van der Waals surface area contributed by atoms with Gasteiger partial charge < -0.3 is 4.74 Å². The second-order valence-corrected chi connectivity index (χ2v) is 5.00. The molecule has 0 amide bonds. The lowest BCUT2D eigenvalue weighted by Crippen LogP contribution is -2.54. The van der Waals surface area contributed by atoms with E-state index in [1.807, 2.05) is 0 Å². The fraction of sp³-hybridized carbons (Fsp3) is 1.00. The Morgan fingerprint density at radius 1 is 1.08 bits per heavy atom. The van der Waals surface area contributed by atoms with E-state index in [9.17, 15) is 0 Å². The van der Waals surface area contributed by atoms with Crippen molar-refractivity contribution in [2.45, 2.75) is 51.2 Å². The highest BCUT2D eigenvalue weighted by molar-refractivity contribution is 4.96. The van der Waals surface area contributed by atoms with Crippen molar-refractivity contribution in [3.8, 4) is 0 Å². The van der Waals surface area contributed by atoms with Crippen LogP contribution in [0.1, 0.15) is 33.6 Å². The predicted octanol–water partition coefficient (Wildman–Crippen LogP) is 1.65. The van der Waals surface area contributed by atoms with E-state index in [1.165, 1.54) is 12.8 Å². The van der Waals surface area contributed by atoms with Crippen molar-refractivity contribution < 1.29 is 4.74 Å². The van der Waals surface area contributed by atoms with E-state index in [0.29, 0.717) is 17.6 Å². The molecule has 2 aliphatic heterocycles. The molecule has 2 atom stereocenters. The van der Waals surface area contributed by atoms with Gasteiger partial charge in [-0.1, -0.05) is 0 Å². The molecule has 2 heteroatoms. The first-order valence-electron chi connectivity index (χ1n) is 4.95. The van der Waals surface area contributed by atoms with Gasteiger partial charge in [-0.3, -0.25) is 4.90 Å². The van der Waals surface area contributed by atoms with Crippen LogP contribution in [0.4, 0.5) is 0 Å². The Morgan fingerprint density at radius 3 is 1.92 bits per heavy atom. The molecule has 2 nitrogen and oxygen atoms in total. The summed E-state index contributed by atoms with van der Waals surface area (Å²) >= 11 is 0. The van der Waals surface area contributed by atoms with E-state index in [0.717, 1.165) is 13.2 Å². The summed E-state index contributed by atoms with van der Waals surface area (Å²) in [5.74, 6) is 0. The lowest BCUT2D eigenvalue weighted by atomic mass is 10.0. The summed E-state index contributed by atoms with van der Waals surface area (Å²) in [6.45, 7) is 8.83. The summed E-state index contributed by atoms with van der Waals surface area (Å²) < 4.78 is 5.54. The average molecular weight is 169 g/mol. The number of morpholine rings is 1. The van der Waals surface area contributed by atoms with Crippen LogP contribution in [0.2, 0.25) is 0 Å². The monoisotopic (exact) mass is 169 g/mol. The smallest absolute Gasteiger partial charge is 0.0622 e. The predicted molar refractivity (Wildman–Crippen MR) is 49.2 cm³/mol. The lowest BCUT2D eigenvalue weighted by Gasteiger charge is -2.44. The lowest BCUT2D eigenvalue weighted by molar-refractivity contribution is -0.0565. The van der Waals surface area contributed by atoms with Gasteiger partial charge in [0.05, 0.1) is 13.2 Å². The van der Waals surface area contributed by atoms with Crippen LogP contribution in [-0.4, -0.2) is 35.7 Å². The topological polar surface area (TPSA) is 12.5 Å². The molecule has 0 radical (unpaired) electrons. The van der Waals surface area contributed by atoms with Crippen molar-refractivity contribution in [1.29, 1.82) is 0 Å². The highest BCUT2D eigenvalue weighted by Crippen LogP contribution is 2.34. The van der Waals surface area contributed by atoms with Gasteiger partial charge in [0.2, 0.25) is 0 Å². The molecule has 0 saturated carbocycles. The zero-order valence-corrected chi connectivity index (χ0v) is 8.34. The highest BCUT2D eigenvalue weighted by atomic mass is 16.5. The SMILES string of the molecule is CC(C)(C)N1C2CC[C@H]1COC2. The van der Waals surface area contributed by atoms with E-state index in [2.05, 4.69) is 25.7 Å². The summed E-state index contributed by atoms with van der Waals surface area (Å²) in [6.07, 6.45) is 2.67. The molecule has 0 spiro atoms. The van der Waals surface area contributed by atoms with Crippen molar-refractivity contribution in [3.63, 3.8) is 0 Å². The molecule has 0 aromatic carbocycles. The number of fused-ring (bicyclic) bond motifs is 2. The molecule has 1 unspecified atom stereocenters. The first kappa shape index (κ1) is 8.52. The maximum absolute atomic E-state index is 5.54. The molecule has 2 aliphatic rings. The Kier molecular flexibility index (Phi) is 1.92. The van der Waals surface area contributed by atoms with Crippen molar-refractivity contribution >= 4 is 0 Å². The number of hydrogen-bond acceptors (Lipinski definition) is 2. The van der Waals surface area contributed by atoms with E-state index in [1.54, 1.807) is 0 Å². The number of ether oxygens (including phenoxy) is 1. The van der Waals surface area contributed by atoms with E-state index in [-0.39, 0.29) is 0 Å². The minimum absolute atomic E-state index is 0.329. The molecule has 0 aliphatic carbocycles. The first-order valence-corrected chi connectivity index (χ1v) is 4.95. The maximum atomic E-state index is 5.54. The second kappa shape index (κ2) is 2.71. The molecule has 0 aromatic heterocycles. The van der Waals surface area contributed by atoms with E-state index < -0.39 is 0 Å². The third-order valence-electron chi connectivity index (χ3n) is 3.01. The van der Waals surface area contributed by atoms with E-state index in [4.69, 9.17) is 4.74 Å². The van der Waals surface area contributed by atoms with Crippen molar-refractivity contribution in [2.75, 3.05) is 13.2 Å². The third kappa shape index (κ3) is 1.27. The van der Waals surface area contributed by atoms with Crippen LogP contribution in [-0.2, 0) is 4.74 Å². The second-order valence-electron chi connectivity index (χ2n) is 5.00. The van der Waals surface area contributed by atoms with Gasteiger partial charge in [-0.25, -0.2) is 0 Å². The van der Waals surface area contributed by atoms with Gasteiger partial charge in [0.1, 0.15) is 0 Å². The summed E-state index contributed by atoms with van der Waals surface area (Å²) in [4.78, 5) is 2.65. The molecular weight excluding hydrogens is 150 g/mol. The normalized spacial score (nSPS) is 37.2. The van der Waals surface area contributed by atoms with Crippen LogP contribution in [0.5, 0.6) is 0 Å². The summed E-state index contributed by atoms with van der Waals surface area (Å²) in [7, 11) is 0. The molecule has 2 rings (SSSR count). The molecule has 70 valence electrons. The fourth-order valence-corrected chi connectivity index (χ4v) is 2.72. The van der Waals surface area contributed by atoms with E-state index >= 15 is 0 Å². The van der Waals surface area contributed by atoms with Gasteiger partial charge in [0.25, 0.3) is 0 Å². The molecule has 2 bridgehead atoms. The third-order valence-corrected chi connectivity index (χ3v) is 3.01. The number of hydrogen-bond donors (Lipinski definition) is 0. The minimum atomic E-state index is 0.329. The first-order chi connectivity index (χ1) is 5.59. The van der Waals surface area contributed by atoms with Crippen LogP contribution < -0.4 is 0 Å². The maximum Gasteiger partial charge on any atom is 0.0622 e. The quantitative estimate of drug-likeness (QED) is 0.546. The molecule has 0 N–H and O–H groups in total.